The van der Waals surface area contributed by atoms with Gasteiger partial charge in [0.2, 0.25) is 0 Å². The van der Waals surface area contributed by atoms with Gasteiger partial charge in [0.15, 0.2) is 17.7 Å². The number of aliphatic carboxylic acids is 1. The summed E-state index contributed by atoms with van der Waals surface area (Å²) in [5.74, 6) is -0.869. The van der Waals surface area contributed by atoms with Crippen LogP contribution in [0.15, 0.2) is 37.1 Å². The summed E-state index contributed by atoms with van der Waals surface area (Å²) in [6.07, 6.45) is 2.13. The quantitative estimate of drug-likeness (QED) is 0.225. The van der Waals surface area contributed by atoms with Gasteiger partial charge in [0.05, 0.1) is 6.33 Å². The second kappa shape index (κ2) is 11.0. The average Bonchev–Trinajstić information content (AvgIpc) is 3.40. The smallest absolute Gasteiger partial charge is 0.320 e. The molecule has 1 saturated heterocycles. The normalized spacial score (nSPS) is 23.2. The third kappa shape index (κ3) is 5.71. The van der Waals surface area contributed by atoms with Crippen LogP contribution in [0, 0.1) is 0 Å². The maximum Gasteiger partial charge on any atom is 0.320 e. The van der Waals surface area contributed by atoms with Crippen molar-refractivity contribution in [2.45, 2.75) is 49.8 Å². The van der Waals surface area contributed by atoms with Crippen molar-refractivity contribution in [1.29, 1.82) is 0 Å². The minimum atomic E-state index is -1.23. The van der Waals surface area contributed by atoms with Crippen LogP contribution in [0.25, 0.3) is 11.2 Å². The third-order valence-electron chi connectivity index (χ3n) is 6.14. The number of hydrogen-bond acceptors (Lipinski definition) is 11. The number of nitrogen functional groups attached to an aromatic ring is 1. The van der Waals surface area contributed by atoms with Gasteiger partial charge < -0.3 is 36.4 Å². The topological polar surface area (TPSA) is 199 Å². The van der Waals surface area contributed by atoms with Crippen LogP contribution in [0.5, 0.6) is 0 Å². The number of anilines is 1. The van der Waals surface area contributed by atoms with Crippen LogP contribution in [0.3, 0.4) is 0 Å². The third-order valence-corrected chi connectivity index (χ3v) is 6.14. The van der Waals surface area contributed by atoms with E-state index in [0.29, 0.717) is 24.3 Å². The maximum atomic E-state index is 11.2. The lowest BCUT2D eigenvalue weighted by molar-refractivity contribution is -0.138. The molecule has 0 bridgehead atoms. The van der Waals surface area contributed by atoms with Gasteiger partial charge in [-0.25, -0.2) is 15.0 Å². The molecule has 3 aromatic heterocycles. The molecule has 0 saturated carbocycles. The molecule has 0 aromatic carbocycles. The molecule has 13 heteroatoms. The molecule has 13 nitrogen and oxygen atoms in total. The van der Waals surface area contributed by atoms with Crippen molar-refractivity contribution < 1.29 is 24.9 Å². The number of hydrogen-bond donors (Lipinski definition) is 5. The van der Waals surface area contributed by atoms with Crippen LogP contribution in [0.4, 0.5) is 5.82 Å². The zero-order valence-corrected chi connectivity index (χ0v) is 19.1. The minimum Gasteiger partial charge on any atom is -0.480 e. The van der Waals surface area contributed by atoms with E-state index in [1.54, 1.807) is 6.20 Å². The predicted octanol–water partition coefficient (Wildman–Crippen LogP) is -0.840. The molecule has 4 rings (SSSR count). The van der Waals surface area contributed by atoms with Gasteiger partial charge in [0, 0.05) is 25.0 Å². The molecule has 188 valence electrons. The number of carboxylic acid groups (broad SMARTS) is 1. The Balaban J connectivity index is 1.44. The van der Waals surface area contributed by atoms with Crippen LogP contribution in [0.2, 0.25) is 0 Å². The number of aromatic nitrogens is 5. The summed E-state index contributed by atoms with van der Waals surface area (Å²) < 4.78 is 7.57. The number of carboxylic acids is 1. The van der Waals surface area contributed by atoms with Crippen LogP contribution in [0.1, 0.15) is 24.8 Å². The van der Waals surface area contributed by atoms with Crippen LogP contribution < -0.4 is 11.5 Å². The van der Waals surface area contributed by atoms with Crippen molar-refractivity contribution >= 4 is 23.0 Å². The van der Waals surface area contributed by atoms with E-state index in [0.717, 1.165) is 18.5 Å². The Bertz CT molecular complexity index is 1130. The number of aryl methyl sites for hydroxylation is 1. The Kier molecular flexibility index (Phi) is 7.83. The van der Waals surface area contributed by atoms with E-state index in [-0.39, 0.29) is 18.8 Å². The highest BCUT2D eigenvalue weighted by Crippen LogP contribution is 2.32. The number of carbonyl (C=O) groups is 1. The molecular formula is C22H30N8O5. The summed E-state index contributed by atoms with van der Waals surface area (Å²) in [6.45, 7) is 1.27. The number of nitrogens with two attached hydrogens (primary N) is 2. The number of rotatable bonds is 11. The van der Waals surface area contributed by atoms with Crippen molar-refractivity contribution in [2.24, 2.45) is 5.73 Å². The number of nitrogens with zero attached hydrogens (tertiary/aromatic N) is 6. The highest BCUT2D eigenvalue weighted by Gasteiger charge is 2.44. The largest absolute Gasteiger partial charge is 0.480 e. The first-order valence-corrected chi connectivity index (χ1v) is 11.4. The Morgan fingerprint density at radius 3 is 2.74 bits per heavy atom. The first-order valence-electron chi connectivity index (χ1n) is 11.4. The molecule has 3 aromatic rings. The number of ether oxygens (including phenoxy) is 1. The number of imidazole rings is 1. The number of pyridine rings is 1. The van der Waals surface area contributed by atoms with Gasteiger partial charge in [-0.05, 0) is 37.9 Å². The van der Waals surface area contributed by atoms with Gasteiger partial charge >= 0.3 is 5.97 Å². The summed E-state index contributed by atoms with van der Waals surface area (Å²) in [4.78, 5) is 29.8. The fraction of sp³-hybridized carbons (Fsp3) is 0.500. The summed E-state index contributed by atoms with van der Waals surface area (Å²) in [5.41, 5.74) is 13.3. The lowest BCUT2D eigenvalue weighted by Crippen LogP contribution is -2.43. The molecule has 0 spiro atoms. The van der Waals surface area contributed by atoms with Crippen LogP contribution in [-0.4, -0.2) is 94.7 Å². The van der Waals surface area contributed by atoms with E-state index in [9.17, 15) is 15.0 Å². The highest BCUT2D eigenvalue weighted by atomic mass is 16.6. The SMILES string of the molecule is Nc1ncnc2c1ncn2[C@@H]1O[C@H](CN(CCCc2ccccn2)CC[C@H](N)C(=O)O)[C@@H](O)[C@H]1O. The lowest BCUT2D eigenvalue weighted by Gasteiger charge is -2.27. The second-order valence-electron chi connectivity index (χ2n) is 8.59. The first-order chi connectivity index (χ1) is 16.8. The molecule has 0 unspecified atom stereocenters. The van der Waals surface area contributed by atoms with E-state index in [1.165, 1.54) is 17.2 Å². The fourth-order valence-electron chi connectivity index (χ4n) is 4.19. The summed E-state index contributed by atoms with van der Waals surface area (Å²) in [5, 5.41) is 30.6. The fourth-order valence-corrected chi connectivity index (χ4v) is 4.19. The van der Waals surface area contributed by atoms with E-state index < -0.39 is 36.6 Å². The average molecular weight is 487 g/mol. The van der Waals surface area contributed by atoms with Crippen LogP contribution in [-0.2, 0) is 16.0 Å². The number of aliphatic hydroxyl groups excluding tert-OH is 2. The lowest BCUT2D eigenvalue weighted by atomic mass is 10.1. The molecule has 0 radical (unpaired) electrons. The molecule has 1 aliphatic heterocycles. The first kappa shape index (κ1) is 24.9. The molecule has 0 amide bonds. The van der Waals surface area contributed by atoms with Crippen molar-refractivity contribution in [2.75, 3.05) is 25.4 Å². The van der Waals surface area contributed by atoms with E-state index >= 15 is 0 Å². The van der Waals surface area contributed by atoms with Gasteiger partial charge in [-0.15, -0.1) is 0 Å². The molecule has 35 heavy (non-hydrogen) atoms. The zero-order chi connectivity index (χ0) is 24.9. The molecule has 4 heterocycles. The minimum absolute atomic E-state index is 0.201. The zero-order valence-electron chi connectivity index (χ0n) is 19.1. The Morgan fingerprint density at radius 2 is 2.00 bits per heavy atom. The highest BCUT2D eigenvalue weighted by molar-refractivity contribution is 5.81. The van der Waals surface area contributed by atoms with E-state index in [4.69, 9.17) is 21.3 Å². The molecule has 7 N–H and O–H groups in total. The van der Waals surface area contributed by atoms with Gasteiger partial charge in [0.1, 0.15) is 36.2 Å². The van der Waals surface area contributed by atoms with Gasteiger partial charge in [0.25, 0.3) is 0 Å². The molecule has 1 fully saturated rings. The molecule has 1 aliphatic rings. The molecular weight excluding hydrogens is 456 g/mol. The standard InChI is InChI=1S/C22H30N8O5/c23-14(22(33)34)6-9-29(8-3-5-13-4-1-2-7-25-13)10-15-17(31)18(32)21(35-15)30-12-28-16-19(24)26-11-27-20(16)30/h1-2,4,7,11-12,14-15,17-18,21,31-32H,3,5-6,8-10,23H2,(H,33,34)(H2,24,26,27)/t14-,15+,17+,18+,21+/m0/s1. The van der Waals surface area contributed by atoms with E-state index in [2.05, 4.69) is 19.9 Å². The Labute approximate surface area is 201 Å². The van der Waals surface area contributed by atoms with E-state index in [1.807, 2.05) is 23.1 Å². The van der Waals surface area contributed by atoms with Crippen molar-refractivity contribution in [3.05, 3.63) is 42.7 Å². The van der Waals surface area contributed by atoms with Gasteiger partial charge in [-0.3, -0.25) is 14.3 Å². The Hall–Kier alpha value is -3.23. The number of fused-ring (bicyclic) bond motifs is 1. The molecule has 0 aliphatic carbocycles. The van der Waals surface area contributed by atoms with Gasteiger partial charge in [-0.2, -0.15) is 0 Å². The summed E-state index contributed by atoms with van der Waals surface area (Å²) in [6, 6.07) is 4.73. The van der Waals surface area contributed by atoms with Gasteiger partial charge in [-0.1, -0.05) is 6.07 Å². The molecule has 5 atom stereocenters. The van der Waals surface area contributed by atoms with Crippen molar-refractivity contribution in [3.63, 3.8) is 0 Å². The summed E-state index contributed by atoms with van der Waals surface area (Å²) >= 11 is 0. The Morgan fingerprint density at radius 1 is 1.17 bits per heavy atom. The monoisotopic (exact) mass is 486 g/mol. The predicted molar refractivity (Wildman–Crippen MR) is 125 cm³/mol. The summed E-state index contributed by atoms with van der Waals surface area (Å²) in [7, 11) is 0. The number of aliphatic hydroxyl groups is 2. The maximum absolute atomic E-state index is 11.2. The van der Waals surface area contributed by atoms with Crippen molar-refractivity contribution in [1.82, 2.24) is 29.4 Å². The second-order valence-corrected chi connectivity index (χ2v) is 8.59. The van der Waals surface area contributed by atoms with Crippen LogP contribution >= 0.6 is 0 Å². The van der Waals surface area contributed by atoms with Crippen molar-refractivity contribution in [3.8, 4) is 0 Å².